The number of benzene rings is 1. The van der Waals surface area contributed by atoms with Gasteiger partial charge in [0.05, 0.1) is 5.52 Å². The molecule has 1 atom stereocenters. The smallest absolute Gasteiger partial charge is 0.450 e. The number of para-hydroxylation sites is 1. The standard InChI is InChI=1S/C12H10INO.C5H10O3/c1-2-12(13,15)10-7-9-5-3-4-6-11(9)14-8-10;1-5(2,3)8-4(6)7/h2-8,15H,1H2;1-3H3,(H,6,7). The molecule has 5 nitrogen and oxygen atoms in total. The lowest BCUT2D eigenvalue weighted by molar-refractivity contribution is 0.0150. The van der Waals surface area contributed by atoms with E-state index in [-0.39, 0.29) is 0 Å². The summed E-state index contributed by atoms with van der Waals surface area (Å²) in [4.78, 5) is 14.1. The lowest BCUT2D eigenvalue weighted by Gasteiger charge is -2.16. The molecular weight excluding hydrogens is 409 g/mol. The van der Waals surface area contributed by atoms with Gasteiger partial charge in [-0.2, -0.15) is 0 Å². The molecule has 6 heteroatoms. The van der Waals surface area contributed by atoms with Gasteiger partial charge < -0.3 is 14.9 Å². The molecular formula is C17H20INO4. The first kappa shape index (κ1) is 19.4. The zero-order valence-corrected chi connectivity index (χ0v) is 15.4. The summed E-state index contributed by atoms with van der Waals surface area (Å²) in [5.41, 5.74) is 1.10. The van der Waals surface area contributed by atoms with Gasteiger partial charge >= 0.3 is 6.16 Å². The van der Waals surface area contributed by atoms with Gasteiger partial charge in [0.1, 0.15) is 5.60 Å². The summed E-state index contributed by atoms with van der Waals surface area (Å²) in [5, 5.41) is 19.0. The lowest BCUT2D eigenvalue weighted by atomic mass is 10.1. The quantitative estimate of drug-likeness (QED) is 0.319. The van der Waals surface area contributed by atoms with Crippen molar-refractivity contribution in [1.82, 2.24) is 4.98 Å². The van der Waals surface area contributed by atoms with Crippen LogP contribution in [-0.4, -0.2) is 27.0 Å². The highest BCUT2D eigenvalue weighted by Gasteiger charge is 2.21. The Balaban J connectivity index is 0.000000284. The Morgan fingerprint density at radius 1 is 1.35 bits per heavy atom. The second-order valence-electron chi connectivity index (χ2n) is 5.77. The number of carbonyl (C=O) groups is 1. The first-order valence-electron chi connectivity index (χ1n) is 6.87. The maximum absolute atomic E-state index is 9.98. The molecule has 124 valence electrons. The Bertz CT molecular complexity index is 692. The summed E-state index contributed by atoms with van der Waals surface area (Å²) < 4.78 is 3.31. The Morgan fingerprint density at radius 3 is 2.43 bits per heavy atom. The molecule has 1 aromatic heterocycles. The van der Waals surface area contributed by atoms with E-state index in [9.17, 15) is 9.90 Å². The van der Waals surface area contributed by atoms with Crippen LogP contribution in [0.3, 0.4) is 0 Å². The van der Waals surface area contributed by atoms with Gasteiger partial charge in [0, 0.05) is 17.1 Å². The van der Waals surface area contributed by atoms with Crippen molar-refractivity contribution >= 4 is 39.6 Å². The number of fused-ring (bicyclic) bond motifs is 1. The van der Waals surface area contributed by atoms with E-state index in [4.69, 9.17) is 5.11 Å². The number of rotatable bonds is 2. The number of nitrogens with zero attached hydrogens (tertiary/aromatic N) is 1. The van der Waals surface area contributed by atoms with Crippen molar-refractivity contribution in [2.45, 2.75) is 30.0 Å². The van der Waals surface area contributed by atoms with Crippen LogP contribution in [0.4, 0.5) is 4.79 Å². The van der Waals surface area contributed by atoms with E-state index in [2.05, 4.69) is 16.3 Å². The Kier molecular flexibility index (Phi) is 6.52. The number of halogens is 1. The van der Waals surface area contributed by atoms with E-state index in [1.54, 1.807) is 27.0 Å². The second-order valence-corrected chi connectivity index (χ2v) is 7.42. The fourth-order valence-corrected chi connectivity index (χ4v) is 1.94. The van der Waals surface area contributed by atoms with Gasteiger partial charge in [-0.1, -0.05) is 24.8 Å². The van der Waals surface area contributed by atoms with Crippen molar-refractivity contribution < 1.29 is 19.7 Å². The molecule has 0 aliphatic rings. The SMILES string of the molecule is C=CC(O)(I)c1cnc2ccccc2c1.CC(C)(C)OC(=O)O. The third-order valence-corrected chi connectivity index (χ3v) is 3.72. The molecule has 1 aromatic carbocycles. The van der Waals surface area contributed by atoms with Crippen LogP contribution in [0.1, 0.15) is 26.3 Å². The summed E-state index contributed by atoms with van der Waals surface area (Å²) >= 11 is 1.94. The van der Waals surface area contributed by atoms with Gasteiger partial charge in [-0.15, -0.1) is 0 Å². The number of hydrogen-bond donors (Lipinski definition) is 2. The highest BCUT2D eigenvalue weighted by atomic mass is 127. The molecule has 0 spiro atoms. The summed E-state index contributed by atoms with van der Waals surface area (Å²) in [7, 11) is 0. The fraction of sp³-hybridized carbons (Fsp3) is 0.294. The number of carboxylic acid groups (broad SMARTS) is 1. The summed E-state index contributed by atoms with van der Waals surface area (Å²) in [6.45, 7) is 8.65. The van der Waals surface area contributed by atoms with Crippen molar-refractivity contribution in [3.05, 3.63) is 54.7 Å². The number of aliphatic hydroxyl groups is 1. The topological polar surface area (TPSA) is 79.7 Å². The highest BCUT2D eigenvalue weighted by Crippen LogP contribution is 2.30. The normalized spacial score (nSPS) is 13.4. The van der Waals surface area contributed by atoms with E-state index in [0.29, 0.717) is 0 Å². The zero-order valence-electron chi connectivity index (χ0n) is 13.3. The molecule has 0 bridgehead atoms. The molecule has 0 radical (unpaired) electrons. The van der Waals surface area contributed by atoms with Gasteiger partial charge in [-0.3, -0.25) is 4.98 Å². The predicted molar refractivity (Wildman–Crippen MR) is 98.7 cm³/mol. The Morgan fingerprint density at radius 2 is 1.96 bits per heavy atom. The molecule has 0 aliphatic carbocycles. The van der Waals surface area contributed by atoms with E-state index >= 15 is 0 Å². The third kappa shape index (κ3) is 6.54. The van der Waals surface area contributed by atoms with Crippen LogP contribution in [-0.2, 0) is 8.34 Å². The van der Waals surface area contributed by atoms with Crippen LogP contribution in [0.2, 0.25) is 0 Å². The number of ether oxygens (including phenoxy) is 1. The molecule has 2 N–H and O–H groups in total. The molecule has 0 amide bonds. The molecule has 23 heavy (non-hydrogen) atoms. The molecule has 1 heterocycles. The van der Waals surface area contributed by atoms with Crippen molar-refractivity contribution in [2.75, 3.05) is 0 Å². The van der Waals surface area contributed by atoms with E-state index in [0.717, 1.165) is 16.5 Å². The molecule has 2 aromatic rings. The monoisotopic (exact) mass is 429 g/mol. The van der Waals surface area contributed by atoms with Crippen LogP contribution in [0.25, 0.3) is 10.9 Å². The first-order chi connectivity index (χ1) is 10.5. The van der Waals surface area contributed by atoms with Gasteiger partial charge in [-0.25, -0.2) is 4.79 Å². The molecule has 0 saturated heterocycles. The van der Waals surface area contributed by atoms with Crippen LogP contribution < -0.4 is 0 Å². The predicted octanol–water partition coefficient (Wildman–Crippen LogP) is 4.48. The van der Waals surface area contributed by atoms with E-state index in [1.807, 2.05) is 52.9 Å². The van der Waals surface area contributed by atoms with Crippen LogP contribution >= 0.6 is 22.6 Å². The minimum absolute atomic E-state index is 0.578. The van der Waals surface area contributed by atoms with Gasteiger partial charge in [0.25, 0.3) is 0 Å². The molecule has 2 rings (SSSR count). The summed E-state index contributed by atoms with van der Waals surface area (Å²) in [5.74, 6) is 0. The minimum Gasteiger partial charge on any atom is -0.450 e. The molecule has 0 aliphatic heterocycles. The fourth-order valence-electron chi connectivity index (χ4n) is 1.64. The van der Waals surface area contributed by atoms with Gasteiger partial charge in [-0.05, 0) is 61.6 Å². The summed E-state index contributed by atoms with van der Waals surface area (Å²) in [6.07, 6.45) is 1.95. The number of aromatic nitrogens is 1. The lowest BCUT2D eigenvalue weighted by Crippen LogP contribution is -2.22. The van der Waals surface area contributed by atoms with E-state index < -0.39 is 15.4 Å². The van der Waals surface area contributed by atoms with Crippen molar-refractivity contribution in [3.8, 4) is 0 Å². The number of pyridine rings is 1. The van der Waals surface area contributed by atoms with Crippen molar-refractivity contribution in [2.24, 2.45) is 0 Å². The van der Waals surface area contributed by atoms with Gasteiger partial charge in [0.2, 0.25) is 0 Å². The molecule has 1 unspecified atom stereocenters. The average molecular weight is 429 g/mol. The third-order valence-electron chi connectivity index (χ3n) is 2.66. The largest absolute Gasteiger partial charge is 0.506 e. The molecule has 0 saturated carbocycles. The van der Waals surface area contributed by atoms with Crippen LogP contribution in [0.5, 0.6) is 0 Å². The summed E-state index contributed by atoms with van der Waals surface area (Å²) in [6, 6.07) is 9.74. The van der Waals surface area contributed by atoms with Crippen molar-refractivity contribution in [3.63, 3.8) is 0 Å². The Hall–Kier alpha value is -1.67. The maximum atomic E-state index is 9.98. The zero-order chi connectivity index (χ0) is 17.7. The van der Waals surface area contributed by atoms with Crippen molar-refractivity contribution in [1.29, 1.82) is 0 Å². The van der Waals surface area contributed by atoms with Crippen LogP contribution in [0.15, 0.2) is 49.2 Å². The highest BCUT2D eigenvalue weighted by molar-refractivity contribution is 14.1. The van der Waals surface area contributed by atoms with E-state index in [1.165, 1.54) is 6.08 Å². The van der Waals surface area contributed by atoms with Crippen LogP contribution in [0, 0.1) is 0 Å². The average Bonchev–Trinajstić information content (AvgIpc) is 2.44. The first-order valence-corrected chi connectivity index (χ1v) is 7.95. The molecule has 0 fully saturated rings. The van der Waals surface area contributed by atoms with Gasteiger partial charge in [0.15, 0.2) is 3.61 Å². The Labute approximate surface area is 149 Å². The number of hydrogen-bond acceptors (Lipinski definition) is 4. The number of alkyl halides is 1. The minimum atomic E-state index is -1.22. The maximum Gasteiger partial charge on any atom is 0.506 e. The second kappa shape index (κ2) is 7.74.